The van der Waals surface area contributed by atoms with E-state index in [1.54, 1.807) is 0 Å². The summed E-state index contributed by atoms with van der Waals surface area (Å²) in [6, 6.07) is 0. The Kier molecular flexibility index (Phi) is 9.02. The molecule has 0 bridgehead atoms. The van der Waals surface area contributed by atoms with E-state index < -0.39 is 0 Å². The molecule has 0 aromatic rings. The van der Waals surface area contributed by atoms with Crippen LogP contribution in [0.5, 0.6) is 0 Å². The summed E-state index contributed by atoms with van der Waals surface area (Å²) in [4.78, 5) is 0. The maximum absolute atomic E-state index is 6.37. The van der Waals surface area contributed by atoms with Crippen LogP contribution in [0.25, 0.3) is 0 Å². The monoisotopic (exact) mass is 522 g/mol. The van der Waals surface area contributed by atoms with Gasteiger partial charge in [-0.15, -0.1) is 0 Å². The van der Waals surface area contributed by atoms with Crippen LogP contribution >= 0.6 is 15.9 Å². The van der Waals surface area contributed by atoms with Gasteiger partial charge in [-0.25, -0.2) is 0 Å². The Labute approximate surface area is 215 Å². The fraction of sp³-hybridized carbons (Fsp3) is 1.00. The lowest BCUT2D eigenvalue weighted by atomic mass is 9.44. The fourth-order valence-electron chi connectivity index (χ4n) is 9.84. The molecule has 1 nitrogen and oxygen atoms in total. The molecule has 2 heteroatoms. The first-order chi connectivity index (χ1) is 15.8. The van der Waals surface area contributed by atoms with Crippen LogP contribution in [-0.4, -0.2) is 18.0 Å². The van der Waals surface area contributed by atoms with Crippen LogP contribution in [0.2, 0.25) is 0 Å². The summed E-state index contributed by atoms with van der Waals surface area (Å²) in [6.07, 6.45) is 20.6. The summed E-state index contributed by atoms with van der Waals surface area (Å²) < 4.78 is 6.37. The number of halogens is 1. The van der Waals surface area contributed by atoms with E-state index >= 15 is 0 Å². The number of fused-ring (bicyclic) bond motifs is 5. The number of alkyl halides is 1. The number of ether oxygens (including phenoxy) is 1. The molecule has 0 amide bonds. The van der Waals surface area contributed by atoms with E-state index in [0.717, 1.165) is 53.4 Å². The molecule has 4 fully saturated rings. The molecule has 0 saturated heterocycles. The van der Waals surface area contributed by atoms with Gasteiger partial charge >= 0.3 is 0 Å². The lowest BCUT2D eigenvalue weighted by Gasteiger charge is -2.61. The Morgan fingerprint density at radius 1 is 0.818 bits per heavy atom. The number of hydrogen-bond acceptors (Lipinski definition) is 1. The van der Waals surface area contributed by atoms with Crippen LogP contribution in [0.1, 0.15) is 125 Å². The summed E-state index contributed by atoms with van der Waals surface area (Å²) in [5, 5.41) is 1.11. The van der Waals surface area contributed by atoms with Gasteiger partial charge in [-0.1, -0.05) is 69.8 Å². The quantitative estimate of drug-likeness (QED) is 0.205. The normalized spacial score (nSPS) is 43.7. The first-order valence-electron chi connectivity index (χ1n) is 15.0. The van der Waals surface area contributed by atoms with Crippen molar-refractivity contribution in [1.29, 1.82) is 0 Å². The van der Waals surface area contributed by atoms with Crippen molar-refractivity contribution in [2.75, 3.05) is 11.9 Å². The number of unbranched alkanes of at least 4 members (excludes halogenated alkanes) is 1. The molecule has 0 aliphatic heterocycles. The van der Waals surface area contributed by atoms with Gasteiger partial charge in [-0.2, -0.15) is 0 Å². The van der Waals surface area contributed by atoms with Crippen molar-refractivity contribution < 1.29 is 4.74 Å². The zero-order valence-electron chi connectivity index (χ0n) is 22.7. The van der Waals surface area contributed by atoms with Crippen molar-refractivity contribution in [3.63, 3.8) is 0 Å². The maximum atomic E-state index is 6.37. The predicted octanol–water partition coefficient (Wildman–Crippen LogP) is 9.67. The molecule has 4 aliphatic carbocycles. The second-order valence-corrected chi connectivity index (χ2v) is 14.6. The molecule has 0 aromatic heterocycles. The van der Waals surface area contributed by atoms with Crippen LogP contribution in [0.3, 0.4) is 0 Å². The Balaban J connectivity index is 1.36. The fourth-order valence-corrected chi connectivity index (χ4v) is 10.2. The summed E-state index contributed by atoms with van der Waals surface area (Å²) >= 11 is 3.56. The summed E-state index contributed by atoms with van der Waals surface area (Å²) in [7, 11) is 0. The summed E-state index contributed by atoms with van der Waals surface area (Å²) in [6.45, 7) is 13.8. The Morgan fingerprint density at radius 3 is 2.33 bits per heavy atom. The molecule has 0 heterocycles. The zero-order chi connectivity index (χ0) is 23.6. The highest BCUT2D eigenvalue weighted by Gasteiger charge is 2.60. The first kappa shape index (κ1) is 26.5. The van der Waals surface area contributed by atoms with E-state index in [-0.39, 0.29) is 0 Å². The van der Waals surface area contributed by atoms with Gasteiger partial charge in [0.15, 0.2) is 0 Å². The third-order valence-corrected chi connectivity index (χ3v) is 12.3. The minimum Gasteiger partial charge on any atom is -0.378 e. The molecule has 0 spiro atoms. The average molecular weight is 524 g/mol. The van der Waals surface area contributed by atoms with Gasteiger partial charge in [0.2, 0.25) is 0 Å². The van der Waals surface area contributed by atoms with Crippen molar-refractivity contribution >= 4 is 15.9 Å². The molecule has 0 aromatic carbocycles. The van der Waals surface area contributed by atoms with Crippen LogP contribution in [0.15, 0.2) is 0 Å². The highest BCUT2D eigenvalue weighted by Crippen LogP contribution is 2.68. The van der Waals surface area contributed by atoms with Crippen molar-refractivity contribution in [3.05, 3.63) is 0 Å². The Hall–Kier alpha value is 0.440. The highest BCUT2D eigenvalue weighted by molar-refractivity contribution is 9.09. The van der Waals surface area contributed by atoms with Gasteiger partial charge in [0.25, 0.3) is 0 Å². The van der Waals surface area contributed by atoms with E-state index in [2.05, 4.69) is 50.5 Å². The van der Waals surface area contributed by atoms with Gasteiger partial charge in [-0.3, -0.25) is 0 Å². The smallest absolute Gasteiger partial charge is 0.0578 e. The molecule has 0 N–H and O–H groups in total. The SMILES string of the molecule is CC(C)CCC[C@@H](C)[C@H]1CC[C@H]2[C@@H]3CCC4CC(OCCCCBr)CC[C@]4(C)[C@H]3CC[C@]12C. The van der Waals surface area contributed by atoms with Gasteiger partial charge in [0.05, 0.1) is 6.10 Å². The van der Waals surface area contributed by atoms with Crippen LogP contribution in [0.4, 0.5) is 0 Å². The van der Waals surface area contributed by atoms with E-state index in [0.29, 0.717) is 16.9 Å². The molecule has 9 atom stereocenters. The van der Waals surface area contributed by atoms with Crippen molar-refractivity contribution in [2.45, 2.75) is 131 Å². The van der Waals surface area contributed by atoms with Crippen molar-refractivity contribution in [2.24, 2.45) is 52.3 Å². The second kappa shape index (κ2) is 11.2. The van der Waals surface area contributed by atoms with Crippen LogP contribution in [0, 0.1) is 52.3 Å². The van der Waals surface area contributed by atoms with Gasteiger partial charge < -0.3 is 4.74 Å². The highest BCUT2D eigenvalue weighted by atomic mass is 79.9. The Morgan fingerprint density at radius 2 is 1.58 bits per heavy atom. The molecule has 4 aliphatic rings. The van der Waals surface area contributed by atoms with Crippen LogP contribution in [-0.2, 0) is 4.74 Å². The molecule has 0 radical (unpaired) electrons. The average Bonchev–Trinajstić information content (AvgIpc) is 3.14. The summed E-state index contributed by atoms with van der Waals surface area (Å²) in [5.74, 6) is 6.75. The predicted molar refractivity (Wildman–Crippen MR) is 146 cm³/mol. The zero-order valence-corrected chi connectivity index (χ0v) is 24.3. The van der Waals surface area contributed by atoms with Gasteiger partial charge in [0.1, 0.15) is 0 Å². The van der Waals surface area contributed by atoms with Crippen LogP contribution < -0.4 is 0 Å². The van der Waals surface area contributed by atoms with E-state index in [1.165, 1.54) is 89.9 Å². The molecular formula is C31H55BrO. The van der Waals surface area contributed by atoms with E-state index in [1.807, 2.05) is 0 Å². The minimum atomic E-state index is 0.548. The molecule has 192 valence electrons. The van der Waals surface area contributed by atoms with Crippen molar-refractivity contribution in [3.8, 4) is 0 Å². The van der Waals surface area contributed by atoms with E-state index in [4.69, 9.17) is 4.74 Å². The largest absolute Gasteiger partial charge is 0.378 e. The van der Waals surface area contributed by atoms with Crippen molar-refractivity contribution in [1.82, 2.24) is 0 Å². The van der Waals surface area contributed by atoms with Gasteiger partial charge in [-0.05, 0) is 123 Å². The lowest BCUT2D eigenvalue weighted by Crippen LogP contribution is -2.54. The second-order valence-electron chi connectivity index (χ2n) is 13.9. The molecule has 4 rings (SSSR count). The van der Waals surface area contributed by atoms with E-state index in [9.17, 15) is 0 Å². The third kappa shape index (κ3) is 5.42. The lowest BCUT2D eigenvalue weighted by molar-refractivity contribution is -0.136. The first-order valence-corrected chi connectivity index (χ1v) is 16.1. The molecule has 33 heavy (non-hydrogen) atoms. The number of hydrogen-bond donors (Lipinski definition) is 0. The molecule has 2 unspecified atom stereocenters. The Bertz CT molecular complexity index is 618. The summed E-state index contributed by atoms with van der Waals surface area (Å²) in [5.41, 5.74) is 1.23. The standard InChI is InChI=1S/C31H55BrO/c1-22(2)9-8-10-23(3)27-13-14-28-26-12-11-24-21-25(33-20-7-6-19-32)15-17-30(24,4)29(26)16-18-31(27,28)5/h22-29H,6-21H2,1-5H3/t23-,24?,25?,26+,27-,28+,29+,30+,31-/m1/s1. The molecule has 4 saturated carbocycles. The third-order valence-electron chi connectivity index (χ3n) is 11.7. The molecular weight excluding hydrogens is 468 g/mol. The minimum absolute atomic E-state index is 0.548. The topological polar surface area (TPSA) is 9.23 Å². The maximum Gasteiger partial charge on any atom is 0.0578 e. The number of rotatable bonds is 10. The van der Waals surface area contributed by atoms with Gasteiger partial charge in [0, 0.05) is 11.9 Å².